The van der Waals surface area contributed by atoms with E-state index in [1.54, 1.807) is 0 Å². The summed E-state index contributed by atoms with van der Waals surface area (Å²) in [6.45, 7) is 7.80. The number of carbonyl (C=O) groups excluding carboxylic acids is 1. The van der Waals surface area contributed by atoms with Gasteiger partial charge in [-0.15, -0.1) is 0 Å². The Morgan fingerprint density at radius 1 is 1.09 bits per heavy atom. The number of rotatable bonds is 6. The number of piperazine rings is 1. The van der Waals surface area contributed by atoms with Gasteiger partial charge < -0.3 is 9.88 Å². The Morgan fingerprint density at radius 3 is 2.47 bits per heavy atom. The maximum absolute atomic E-state index is 12.7. The van der Waals surface area contributed by atoms with Gasteiger partial charge in [0.05, 0.1) is 23.8 Å². The lowest BCUT2D eigenvalue weighted by Crippen LogP contribution is -2.48. The van der Waals surface area contributed by atoms with Crippen LogP contribution in [0.25, 0.3) is 11.0 Å². The van der Waals surface area contributed by atoms with Crippen LogP contribution in [0.4, 0.5) is 5.69 Å². The number of aromatic nitrogens is 2. The molecular formula is C23H29N5O3S. The third kappa shape index (κ3) is 4.69. The molecule has 1 aliphatic rings. The second-order valence-electron chi connectivity index (χ2n) is 8.18. The zero-order chi connectivity index (χ0) is 22.9. The van der Waals surface area contributed by atoms with E-state index in [0.717, 1.165) is 29.0 Å². The molecule has 2 aromatic carbocycles. The molecule has 1 fully saturated rings. The van der Waals surface area contributed by atoms with Crippen LogP contribution < -0.4 is 5.32 Å². The number of nitrogens with one attached hydrogen (secondary N) is 1. The Labute approximate surface area is 188 Å². The molecule has 170 valence electrons. The Balaban J connectivity index is 1.51. The molecule has 4 rings (SSSR count). The highest BCUT2D eigenvalue weighted by molar-refractivity contribution is 7.88. The summed E-state index contributed by atoms with van der Waals surface area (Å²) >= 11 is 0. The highest BCUT2D eigenvalue weighted by Crippen LogP contribution is 2.23. The molecule has 9 heteroatoms. The number of sulfonamides is 1. The Bertz CT molecular complexity index is 1240. The third-order valence-corrected chi connectivity index (χ3v) is 7.26. The maximum Gasteiger partial charge on any atom is 0.255 e. The minimum atomic E-state index is -3.14. The van der Waals surface area contributed by atoms with Gasteiger partial charge in [-0.2, -0.15) is 4.31 Å². The number of aryl methyl sites for hydroxylation is 2. The number of fused-ring (bicyclic) bond motifs is 1. The molecule has 2 heterocycles. The fraction of sp³-hybridized carbons (Fsp3) is 0.391. The lowest BCUT2D eigenvalue weighted by atomic mass is 10.1. The van der Waals surface area contributed by atoms with Crippen LogP contribution in [-0.2, 0) is 23.1 Å². The molecule has 0 radical (unpaired) electrons. The SMILES string of the molecule is CCn1c(CN2CCN(S(C)(=O)=O)CC2)nc2cc(NC(=O)c3ccccc3C)ccc21. The summed E-state index contributed by atoms with van der Waals surface area (Å²) in [5.41, 5.74) is 4.14. The van der Waals surface area contributed by atoms with Gasteiger partial charge in [0.25, 0.3) is 5.91 Å². The summed E-state index contributed by atoms with van der Waals surface area (Å²) in [4.78, 5) is 19.7. The van der Waals surface area contributed by atoms with Crippen LogP contribution in [0.1, 0.15) is 28.7 Å². The standard InChI is InChI=1S/C23H29N5O3S/c1-4-28-21-10-9-18(24-23(29)19-8-6-5-7-17(19)2)15-20(21)25-22(28)16-26-11-13-27(14-12-26)32(3,30)31/h5-10,15H,4,11-14,16H2,1-3H3,(H,24,29). The highest BCUT2D eigenvalue weighted by Gasteiger charge is 2.24. The molecule has 1 aromatic heterocycles. The van der Waals surface area contributed by atoms with Crippen molar-refractivity contribution in [1.29, 1.82) is 0 Å². The molecule has 1 amide bonds. The average molecular weight is 456 g/mol. The van der Waals surface area contributed by atoms with E-state index in [1.807, 2.05) is 49.4 Å². The fourth-order valence-electron chi connectivity index (χ4n) is 4.18. The Hall–Kier alpha value is -2.75. The number of benzene rings is 2. The summed E-state index contributed by atoms with van der Waals surface area (Å²) in [6.07, 6.45) is 1.26. The van der Waals surface area contributed by atoms with Crippen LogP contribution in [0.2, 0.25) is 0 Å². The quantitative estimate of drug-likeness (QED) is 0.618. The molecule has 3 aromatic rings. The summed E-state index contributed by atoms with van der Waals surface area (Å²) < 4.78 is 27.2. The van der Waals surface area contributed by atoms with Gasteiger partial charge in [0, 0.05) is 44.0 Å². The lowest BCUT2D eigenvalue weighted by molar-refractivity contribution is 0.102. The van der Waals surface area contributed by atoms with E-state index < -0.39 is 10.0 Å². The molecular weight excluding hydrogens is 426 g/mol. The van der Waals surface area contributed by atoms with Gasteiger partial charge in [-0.3, -0.25) is 9.69 Å². The average Bonchev–Trinajstić information content (AvgIpc) is 3.09. The van der Waals surface area contributed by atoms with E-state index in [9.17, 15) is 13.2 Å². The van der Waals surface area contributed by atoms with E-state index in [4.69, 9.17) is 4.98 Å². The van der Waals surface area contributed by atoms with Crippen LogP contribution in [0.15, 0.2) is 42.5 Å². The summed E-state index contributed by atoms with van der Waals surface area (Å²) in [5, 5.41) is 2.98. The molecule has 0 saturated carbocycles. The molecule has 1 N–H and O–H groups in total. The second-order valence-corrected chi connectivity index (χ2v) is 10.2. The van der Waals surface area contributed by atoms with Gasteiger partial charge >= 0.3 is 0 Å². The van der Waals surface area contributed by atoms with Crippen LogP contribution in [-0.4, -0.2) is 65.5 Å². The number of hydrogen-bond acceptors (Lipinski definition) is 5. The van der Waals surface area contributed by atoms with E-state index in [0.29, 0.717) is 44.0 Å². The van der Waals surface area contributed by atoms with Gasteiger partial charge in [-0.25, -0.2) is 13.4 Å². The third-order valence-electron chi connectivity index (χ3n) is 5.96. The van der Waals surface area contributed by atoms with Crippen molar-refractivity contribution in [3.05, 3.63) is 59.4 Å². The van der Waals surface area contributed by atoms with Crippen molar-refractivity contribution in [2.75, 3.05) is 37.8 Å². The first-order chi connectivity index (χ1) is 15.3. The van der Waals surface area contributed by atoms with E-state index in [2.05, 4.69) is 21.7 Å². The number of amides is 1. The normalized spacial score (nSPS) is 15.8. The largest absolute Gasteiger partial charge is 0.327 e. The molecule has 0 bridgehead atoms. The van der Waals surface area contributed by atoms with Crippen molar-refractivity contribution in [2.45, 2.75) is 26.9 Å². The van der Waals surface area contributed by atoms with Crippen LogP contribution in [0.5, 0.6) is 0 Å². The molecule has 1 aliphatic heterocycles. The number of imidazole rings is 1. The lowest BCUT2D eigenvalue weighted by Gasteiger charge is -2.32. The maximum atomic E-state index is 12.7. The first-order valence-corrected chi connectivity index (χ1v) is 12.6. The van der Waals surface area contributed by atoms with Crippen molar-refractivity contribution < 1.29 is 13.2 Å². The van der Waals surface area contributed by atoms with Crippen molar-refractivity contribution >= 4 is 32.7 Å². The molecule has 0 spiro atoms. The topological polar surface area (TPSA) is 87.5 Å². The molecule has 32 heavy (non-hydrogen) atoms. The summed E-state index contributed by atoms with van der Waals surface area (Å²) in [7, 11) is -3.14. The molecule has 8 nitrogen and oxygen atoms in total. The number of nitrogens with zero attached hydrogens (tertiary/aromatic N) is 4. The zero-order valence-electron chi connectivity index (χ0n) is 18.7. The number of carbonyl (C=O) groups is 1. The number of hydrogen-bond donors (Lipinski definition) is 1. The predicted molar refractivity (Wildman–Crippen MR) is 126 cm³/mol. The Morgan fingerprint density at radius 2 is 1.81 bits per heavy atom. The van der Waals surface area contributed by atoms with Gasteiger partial charge in [0.15, 0.2) is 0 Å². The highest BCUT2D eigenvalue weighted by atomic mass is 32.2. The van der Waals surface area contributed by atoms with Crippen LogP contribution in [0.3, 0.4) is 0 Å². The van der Waals surface area contributed by atoms with Gasteiger partial charge in [0.2, 0.25) is 10.0 Å². The summed E-state index contributed by atoms with van der Waals surface area (Å²) in [5.74, 6) is 0.805. The van der Waals surface area contributed by atoms with Crippen LogP contribution >= 0.6 is 0 Å². The van der Waals surface area contributed by atoms with E-state index in [1.165, 1.54) is 10.6 Å². The van der Waals surface area contributed by atoms with Crippen molar-refractivity contribution in [2.24, 2.45) is 0 Å². The molecule has 1 saturated heterocycles. The fourth-order valence-corrected chi connectivity index (χ4v) is 5.00. The summed E-state index contributed by atoms with van der Waals surface area (Å²) in [6, 6.07) is 13.3. The first-order valence-electron chi connectivity index (χ1n) is 10.8. The first kappa shape index (κ1) is 22.4. The Kier molecular flexibility index (Phi) is 6.32. The minimum Gasteiger partial charge on any atom is -0.327 e. The van der Waals surface area contributed by atoms with Crippen LogP contribution in [0, 0.1) is 6.92 Å². The second kappa shape index (κ2) is 9.01. The minimum absolute atomic E-state index is 0.138. The number of anilines is 1. The molecule has 0 aliphatic carbocycles. The molecule has 0 atom stereocenters. The van der Waals surface area contributed by atoms with Gasteiger partial charge in [-0.05, 0) is 43.7 Å². The van der Waals surface area contributed by atoms with E-state index in [-0.39, 0.29) is 5.91 Å². The van der Waals surface area contributed by atoms with Gasteiger partial charge in [-0.1, -0.05) is 18.2 Å². The zero-order valence-corrected chi connectivity index (χ0v) is 19.5. The smallest absolute Gasteiger partial charge is 0.255 e. The van der Waals surface area contributed by atoms with E-state index >= 15 is 0 Å². The molecule has 0 unspecified atom stereocenters. The van der Waals surface area contributed by atoms with Crippen molar-refractivity contribution in [3.8, 4) is 0 Å². The monoisotopic (exact) mass is 455 g/mol. The van der Waals surface area contributed by atoms with Gasteiger partial charge in [0.1, 0.15) is 5.82 Å². The van der Waals surface area contributed by atoms with Crippen molar-refractivity contribution in [1.82, 2.24) is 18.8 Å². The predicted octanol–water partition coefficient (Wildman–Crippen LogP) is 2.69. The van der Waals surface area contributed by atoms with Crippen molar-refractivity contribution in [3.63, 3.8) is 0 Å².